The summed E-state index contributed by atoms with van der Waals surface area (Å²) in [6.45, 7) is 9.39. The van der Waals surface area contributed by atoms with E-state index in [1.807, 2.05) is 0 Å². The van der Waals surface area contributed by atoms with E-state index < -0.39 is 211 Å². The van der Waals surface area contributed by atoms with E-state index in [0.717, 1.165) is 109 Å². The number of carbonyl (C=O) groups excluding carboxylic acids is 6. The summed E-state index contributed by atoms with van der Waals surface area (Å²) in [6.07, 6.45) is -2.00. The molecular formula is C90H102Cl6F6N6O24S6. The predicted molar refractivity (Wildman–Crippen MR) is 518 cm³/mol. The quantitative estimate of drug-likeness (QED) is 0.0139. The minimum atomic E-state index is -4.56. The lowest BCUT2D eigenvalue weighted by Crippen LogP contribution is -2.34. The van der Waals surface area contributed by atoms with Gasteiger partial charge < -0.3 is 28.4 Å². The van der Waals surface area contributed by atoms with E-state index in [2.05, 4.69) is 28.3 Å². The van der Waals surface area contributed by atoms with E-state index in [9.17, 15) is 106 Å². The maximum absolute atomic E-state index is 13.1. The van der Waals surface area contributed by atoms with Gasteiger partial charge in [-0.15, -0.1) is 0 Å². The molecule has 0 heterocycles. The first-order chi connectivity index (χ1) is 69.6. The van der Waals surface area contributed by atoms with Crippen LogP contribution in [0.2, 0.25) is 30.1 Å². The largest absolute Gasteiger partial charge is 0.463 e. The molecule has 12 rings (SSSR count). The summed E-state index contributed by atoms with van der Waals surface area (Å²) in [4.78, 5) is 72.7. The second kappa shape index (κ2) is 53.9. The van der Waals surface area contributed by atoms with Gasteiger partial charge in [0.25, 0.3) is 0 Å². The summed E-state index contributed by atoms with van der Waals surface area (Å²) >= 11 is 35.0. The Hall–Kier alpha value is -9.60. The summed E-state index contributed by atoms with van der Waals surface area (Å²) in [7, 11) is -25.8. The Kier molecular flexibility index (Phi) is 38.0. The standard InChI is InChI=1S/6C15H17ClFNO4S/c6*1-2-22-15(19)11-5-3-4-6-14(11)23(20,21)18-13-8-7-10(17)9-12(13)16/h6*5,7-9,14,18H,2-4,6H2,1H3/t6*14-/m111111/s1/i5D,14D;3D2,14D;3D2,5D;14D;5D;3D2. The molecule has 0 spiro atoms. The van der Waals surface area contributed by atoms with Crippen LogP contribution in [0.1, 0.15) is 173 Å². The zero-order chi connectivity index (χ0) is 113. The molecule has 0 unspecified atom stereocenters. The summed E-state index contributed by atoms with van der Waals surface area (Å²) in [5, 5.41) is -12.0. The summed E-state index contributed by atoms with van der Waals surface area (Å²) in [5.74, 6) is -9.45. The molecule has 138 heavy (non-hydrogen) atoms. The van der Waals surface area contributed by atoms with Gasteiger partial charge in [0.05, 0.1) is 146 Å². The lowest BCUT2D eigenvalue weighted by Gasteiger charge is -2.24. The van der Waals surface area contributed by atoms with Gasteiger partial charge in [-0.2, -0.15) is 0 Å². The lowest BCUT2D eigenvalue weighted by atomic mass is 9.99. The molecule has 6 N–H and O–H groups in total. The molecule has 6 aromatic carbocycles. The van der Waals surface area contributed by atoms with E-state index in [1.54, 1.807) is 27.7 Å². The van der Waals surface area contributed by atoms with Gasteiger partial charge in [0, 0.05) is 8.22 Å². The molecule has 0 fully saturated rings. The van der Waals surface area contributed by atoms with Crippen molar-refractivity contribution >= 4 is 200 Å². The van der Waals surface area contributed by atoms with Crippen LogP contribution in [0, 0.1) is 34.9 Å². The zero-order valence-corrected chi connectivity index (χ0v) is 83.4. The molecule has 0 amide bonds. The van der Waals surface area contributed by atoms with Crippen molar-refractivity contribution in [2.75, 3.05) is 68.0 Å². The van der Waals surface area contributed by atoms with Gasteiger partial charge in [0.15, 0.2) is 0 Å². The van der Waals surface area contributed by atoms with Crippen LogP contribution >= 0.6 is 69.6 Å². The summed E-state index contributed by atoms with van der Waals surface area (Å²) < 4.78 is 369. The van der Waals surface area contributed by atoms with E-state index >= 15 is 0 Å². The minimum absolute atomic E-state index is 0.0110. The van der Waals surface area contributed by atoms with Crippen LogP contribution in [0.15, 0.2) is 179 Å². The normalized spacial score (nSPS) is 22.4. The van der Waals surface area contributed by atoms with E-state index in [1.165, 1.54) is 32.1 Å². The third kappa shape index (κ3) is 33.8. The topological polar surface area (TPSA) is 435 Å². The SMILES string of the molecule is [2H]C1([2H])C=C(C(=O)OCC)[C@H](S(=O)(=O)Nc2ccc(F)cc2Cl)CC1.[2H]C1([2H])C=C(C(=O)OCC)[C@]([2H])(S(=O)(=O)Nc2ccc(F)cc2Cl)CC1.[2H]C1=C(C(=O)OCC)[C@H](S(=O)(=O)Nc2ccc(F)cc2Cl)CCC1.[2H]C1=C(C(=O)OCC)[C@H](S(=O)(=O)Nc2ccc(F)cc2Cl)CCC1([2H])[2H].[2H]C1=C(C(=O)OCC)[C@]([2H])(S(=O)(=O)Nc2ccc(F)cc2Cl)CCC1.[2H][C@@]1(S(=O)(=O)Nc2ccc(F)cc2Cl)CCCC=C1C(=O)OCC. The van der Waals surface area contributed by atoms with Crippen molar-refractivity contribution in [3.05, 3.63) is 244 Å². The summed E-state index contributed by atoms with van der Waals surface area (Å²) in [5.41, 5.74) is -2.74. The highest BCUT2D eigenvalue weighted by atomic mass is 35.5. The number of sulfonamides is 6. The van der Waals surface area contributed by atoms with Crippen molar-refractivity contribution < 1.29 is 150 Å². The predicted octanol–water partition coefficient (Wildman–Crippen LogP) is 19.6. The first-order valence-corrected chi connectivity index (χ1v) is 53.0. The highest BCUT2D eigenvalue weighted by Crippen LogP contribution is 2.39. The van der Waals surface area contributed by atoms with Gasteiger partial charge in [-0.05, 0) is 266 Å². The van der Waals surface area contributed by atoms with Crippen molar-refractivity contribution in [2.24, 2.45) is 0 Å². The Morgan fingerprint density at radius 2 is 0.514 bits per heavy atom. The van der Waals surface area contributed by atoms with Crippen LogP contribution in [-0.2, 0) is 117 Å². The number of hydrogen-bond acceptors (Lipinski definition) is 24. The molecule has 0 saturated carbocycles. The smallest absolute Gasteiger partial charge is 0.335 e. The van der Waals surface area contributed by atoms with Gasteiger partial charge in [0.2, 0.25) is 60.1 Å². The molecule has 48 heteroatoms. The van der Waals surface area contributed by atoms with Crippen molar-refractivity contribution in [3.8, 4) is 0 Å². The number of nitrogens with one attached hydrogen (secondary N) is 6. The average Bonchev–Trinajstić information content (AvgIpc) is 0.733. The van der Waals surface area contributed by atoms with E-state index in [0.29, 0.717) is 25.7 Å². The molecule has 0 aliphatic heterocycles. The van der Waals surface area contributed by atoms with Crippen LogP contribution in [0.3, 0.4) is 0 Å². The van der Waals surface area contributed by atoms with Crippen LogP contribution in [-0.4, -0.2) is 157 Å². The molecule has 6 atom stereocenters. The minimum Gasteiger partial charge on any atom is -0.463 e. The molecule has 0 saturated heterocycles. The molecular weight excluding hydrogens is 2070 g/mol. The molecule has 756 valence electrons. The lowest BCUT2D eigenvalue weighted by molar-refractivity contribution is -0.139. The number of halogens is 12. The fourth-order valence-electron chi connectivity index (χ4n) is 12.9. The highest BCUT2D eigenvalue weighted by molar-refractivity contribution is 7.95. The Balaban J connectivity index is 0.000000243. The molecule has 0 aromatic heterocycles. The Bertz CT molecular complexity index is 7050. The number of hydrogen-bond donors (Lipinski definition) is 6. The van der Waals surface area contributed by atoms with Crippen molar-refractivity contribution in [3.63, 3.8) is 0 Å². The number of rotatable bonds is 30. The molecule has 6 aliphatic carbocycles. The van der Waals surface area contributed by atoms with Gasteiger partial charge >= 0.3 is 35.8 Å². The Labute approximate surface area is 844 Å². The number of allylic oxidation sites excluding steroid dienone is 6. The zero-order valence-electron chi connectivity index (χ0n) is 86.0. The highest BCUT2D eigenvalue weighted by Gasteiger charge is 2.42. The maximum atomic E-state index is 13.1. The Morgan fingerprint density at radius 1 is 0.297 bits per heavy atom. The Morgan fingerprint density at radius 3 is 0.833 bits per heavy atom. The molecule has 0 bridgehead atoms. The monoisotopic (exact) mass is 2180 g/mol. The van der Waals surface area contributed by atoms with Crippen LogP contribution in [0.4, 0.5) is 60.5 Å². The van der Waals surface area contributed by atoms with Crippen molar-refractivity contribution in [2.45, 2.75) is 188 Å². The first kappa shape index (κ1) is 97.2. The number of benzene rings is 6. The molecule has 6 aromatic rings. The first-order valence-electron chi connectivity index (χ1n) is 47.7. The fraction of sp³-hybridized carbons (Fsp3) is 0.400. The van der Waals surface area contributed by atoms with Crippen molar-refractivity contribution in [1.29, 1.82) is 0 Å². The summed E-state index contributed by atoms with van der Waals surface area (Å²) in [6, 6.07) is 17.7. The third-order valence-electron chi connectivity index (χ3n) is 19.1. The van der Waals surface area contributed by atoms with Crippen LogP contribution in [0.25, 0.3) is 0 Å². The van der Waals surface area contributed by atoms with Crippen LogP contribution in [0.5, 0.6) is 0 Å². The van der Waals surface area contributed by atoms with Gasteiger partial charge in [0.1, 0.15) is 66.3 Å². The number of esters is 6. The van der Waals surface area contributed by atoms with Gasteiger partial charge in [-0.3, -0.25) is 28.3 Å². The molecule has 30 nitrogen and oxygen atoms in total. The van der Waals surface area contributed by atoms with Gasteiger partial charge in [-0.1, -0.05) is 106 Å². The second-order valence-corrected chi connectivity index (χ2v) is 42.0. The number of anilines is 6. The number of carbonyl (C=O) groups is 6. The molecule has 0 radical (unpaired) electrons. The average molecular weight is 2180 g/mol. The third-order valence-corrected chi connectivity index (χ3v) is 30.9. The maximum Gasteiger partial charge on any atom is 0.335 e. The van der Waals surface area contributed by atoms with Crippen molar-refractivity contribution in [1.82, 2.24) is 0 Å². The van der Waals surface area contributed by atoms with E-state index in [4.69, 9.17) is 114 Å². The fourth-order valence-corrected chi connectivity index (χ4v) is 23.5. The number of ether oxygens (including phenoxy) is 6. The van der Waals surface area contributed by atoms with Gasteiger partial charge in [-0.25, -0.2) is 106 Å². The molecule has 6 aliphatic rings. The van der Waals surface area contributed by atoms with E-state index in [-0.39, 0.29) is 197 Å². The van der Waals surface area contributed by atoms with Crippen LogP contribution < -0.4 is 28.3 Å². The second-order valence-electron chi connectivity index (χ2n) is 28.8.